The summed E-state index contributed by atoms with van der Waals surface area (Å²) >= 11 is 0. The highest BCUT2D eigenvalue weighted by molar-refractivity contribution is 5.94. The number of hydrogen-bond acceptors (Lipinski definition) is 5. The highest BCUT2D eigenvalue weighted by Crippen LogP contribution is 2.18. The number of alkyl halides is 3. The van der Waals surface area contributed by atoms with E-state index in [2.05, 4.69) is 20.0 Å². The number of nitrogens with zero attached hydrogens (tertiary/aromatic N) is 2. The van der Waals surface area contributed by atoms with Crippen molar-refractivity contribution in [1.82, 2.24) is 15.3 Å². The van der Waals surface area contributed by atoms with Crippen molar-refractivity contribution < 1.29 is 27.5 Å². The molecule has 0 unspecified atom stereocenters. The van der Waals surface area contributed by atoms with Gasteiger partial charge in [0.25, 0.3) is 5.91 Å². The molecule has 0 saturated carbocycles. The van der Waals surface area contributed by atoms with Gasteiger partial charge in [-0.15, -0.1) is 0 Å². The Balaban J connectivity index is 2.08. The smallest absolute Gasteiger partial charge is 0.422 e. The lowest BCUT2D eigenvalue weighted by molar-refractivity contribution is -0.154. The number of carbonyl (C=O) groups excluding carboxylic acids is 2. The van der Waals surface area contributed by atoms with E-state index in [1.807, 2.05) is 0 Å². The number of halogens is 3. The van der Waals surface area contributed by atoms with Gasteiger partial charge in [0.05, 0.1) is 12.2 Å². The Hall–Kier alpha value is -2.97. The summed E-state index contributed by atoms with van der Waals surface area (Å²) in [5.74, 6) is -0.682. The number of aromatic nitrogens is 2. The summed E-state index contributed by atoms with van der Waals surface area (Å²) in [5, 5.41) is 2.69. The molecule has 0 aliphatic rings. The third-order valence-electron chi connectivity index (χ3n) is 4.24. The Morgan fingerprint density at radius 2 is 1.83 bits per heavy atom. The average Bonchev–Trinajstić information content (AvgIpc) is 2.64. The van der Waals surface area contributed by atoms with Gasteiger partial charge in [0, 0.05) is 35.4 Å². The molecule has 0 atom stereocenters. The molecular formula is C21H24F3N3O3. The van der Waals surface area contributed by atoms with E-state index in [1.54, 1.807) is 45.9 Å². The van der Waals surface area contributed by atoms with Gasteiger partial charge in [-0.1, -0.05) is 19.9 Å². The zero-order valence-electron chi connectivity index (χ0n) is 17.3. The second-order valence-electron chi connectivity index (χ2n) is 7.29. The van der Waals surface area contributed by atoms with Crippen molar-refractivity contribution in [2.24, 2.45) is 5.92 Å². The minimum Gasteiger partial charge on any atom is -0.468 e. The highest BCUT2D eigenvalue weighted by atomic mass is 19.4. The molecule has 0 fully saturated rings. The van der Waals surface area contributed by atoms with Gasteiger partial charge >= 0.3 is 6.18 Å². The van der Waals surface area contributed by atoms with Crippen LogP contribution in [0.5, 0.6) is 5.88 Å². The third-order valence-corrected chi connectivity index (χ3v) is 4.24. The molecule has 0 aliphatic carbocycles. The van der Waals surface area contributed by atoms with E-state index in [1.165, 1.54) is 6.07 Å². The Morgan fingerprint density at radius 1 is 1.13 bits per heavy atom. The van der Waals surface area contributed by atoms with Gasteiger partial charge in [-0.3, -0.25) is 14.6 Å². The number of hydrogen-bond donors (Lipinski definition) is 1. The number of ether oxygens (including phenoxy) is 1. The van der Waals surface area contributed by atoms with Gasteiger partial charge < -0.3 is 10.1 Å². The molecule has 2 aromatic rings. The van der Waals surface area contributed by atoms with Crippen LogP contribution in [-0.4, -0.2) is 34.4 Å². The van der Waals surface area contributed by atoms with Crippen LogP contribution in [0.2, 0.25) is 0 Å². The predicted molar refractivity (Wildman–Crippen MR) is 104 cm³/mol. The van der Waals surface area contributed by atoms with Crippen LogP contribution in [0.25, 0.3) is 0 Å². The number of pyridine rings is 2. The fraction of sp³-hybridized carbons (Fsp3) is 0.429. The van der Waals surface area contributed by atoms with Crippen molar-refractivity contribution in [3.63, 3.8) is 0 Å². The van der Waals surface area contributed by atoms with Crippen LogP contribution < -0.4 is 10.1 Å². The molecular weight excluding hydrogens is 399 g/mol. The van der Waals surface area contributed by atoms with Crippen LogP contribution in [0.4, 0.5) is 13.2 Å². The second-order valence-corrected chi connectivity index (χ2v) is 7.29. The van der Waals surface area contributed by atoms with Gasteiger partial charge in [-0.05, 0) is 31.5 Å². The summed E-state index contributed by atoms with van der Waals surface area (Å²) in [6.45, 7) is 5.63. The Kier molecular flexibility index (Phi) is 7.53. The first-order valence-corrected chi connectivity index (χ1v) is 9.39. The molecule has 0 bridgehead atoms. The van der Waals surface area contributed by atoms with Gasteiger partial charge in [0.15, 0.2) is 6.61 Å². The molecule has 2 heterocycles. The molecule has 1 amide bonds. The van der Waals surface area contributed by atoms with E-state index in [-0.39, 0.29) is 30.5 Å². The highest BCUT2D eigenvalue weighted by Gasteiger charge is 2.28. The predicted octanol–water partition coefficient (Wildman–Crippen LogP) is 3.73. The van der Waals surface area contributed by atoms with Crippen molar-refractivity contribution in [2.45, 2.75) is 46.8 Å². The minimum atomic E-state index is -4.46. The quantitative estimate of drug-likeness (QED) is 0.700. The van der Waals surface area contributed by atoms with Crippen molar-refractivity contribution in [2.75, 3.05) is 6.61 Å². The van der Waals surface area contributed by atoms with E-state index < -0.39 is 18.7 Å². The summed E-state index contributed by atoms with van der Waals surface area (Å²) in [5.41, 5.74) is 2.55. The molecule has 2 aromatic heterocycles. The first-order chi connectivity index (χ1) is 13.9. The molecule has 0 aliphatic heterocycles. The fourth-order valence-electron chi connectivity index (χ4n) is 2.57. The molecule has 30 heavy (non-hydrogen) atoms. The molecule has 0 aromatic carbocycles. The van der Waals surface area contributed by atoms with Gasteiger partial charge in [-0.2, -0.15) is 13.2 Å². The SMILES string of the molecule is Cc1cc(C(=O)NCc2nc(OCC(F)(F)F)ccc2C)cc(CC(=O)C(C)C)n1. The van der Waals surface area contributed by atoms with Crippen molar-refractivity contribution >= 4 is 11.7 Å². The molecule has 6 nitrogen and oxygen atoms in total. The average molecular weight is 423 g/mol. The normalized spacial score (nSPS) is 11.5. The molecule has 9 heteroatoms. The van der Waals surface area contributed by atoms with E-state index in [9.17, 15) is 22.8 Å². The number of ketones is 1. The number of Topliss-reactive ketones (excluding diaryl/α,β-unsaturated/α-hetero) is 1. The largest absolute Gasteiger partial charge is 0.468 e. The minimum absolute atomic E-state index is 0.00944. The van der Waals surface area contributed by atoms with Crippen LogP contribution in [0.3, 0.4) is 0 Å². The summed E-state index contributed by atoms with van der Waals surface area (Å²) in [4.78, 5) is 32.9. The van der Waals surface area contributed by atoms with Crippen LogP contribution in [0, 0.1) is 19.8 Å². The van der Waals surface area contributed by atoms with Crippen LogP contribution in [0.1, 0.15) is 46.9 Å². The Bertz CT molecular complexity index is 927. The van der Waals surface area contributed by atoms with E-state index >= 15 is 0 Å². The zero-order valence-corrected chi connectivity index (χ0v) is 17.3. The number of nitrogens with one attached hydrogen (secondary N) is 1. The Labute approximate surface area is 172 Å². The standard InChI is InChI=1S/C21H24F3N3O3/c1-12(2)18(28)9-16-8-15(7-14(4)26-16)20(29)25-10-17-13(3)5-6-19(27-17)30-11-21(22,23)24/h5-8,12H,9-11H2,1-4H3,(H,25,29). The summed E-state index contributed by atoms with van der Waals surface area (Å²) in [6, 6.07) is 6.08. The molecule has 0 spiro atoms. The second kappa shape index (κ2) is 9.69. The lowest BCUT2D eigenvalue weighted by Crippen LogP contribution is -2.25. The molecule has 1 N–H and O–H groups in total. The lowest BCUT2D eigenvalue weighted by Gasteiger charge is -2.12. The maximum absolute atomic E-state index is 12.6. The fourth-order valence-corrected chi connectivity index (χ4v) is 2.57. The number of aryl methyl sites for hydroxylation is 2. The topological polar surface area (TPSA) is 81.2 Å². The number of amides is 1. The first-order valence-electron chi connectivity index (χ1n) is 9.39. The molecule has 2 rings (SSSR count). The molecule has 0 radical (unpaired) electrons. The summed E-state index contributed by atoms with van der Waals surface area (Å²) in [6.07, 6.45) is -4.33. The van der Waals surface area contributed by atoms with E-state index in [4.69, 9.17) is 0 Å². The number of rotatable bonds is 8. The molecule has 162 valence electrons. The van der Waals surface area contributed by atoms with E-state index in [0.717, 1.165) is 0 Å². The summed E-state index contributed by atoms with van der Waals surface area (Å²) in [7, 11) is 0. The lowest BCUT2D eigenvalue weighted by atomic mass is 10.0. The van der Waals surface area contributed by atoms with Crippen LogP contribution in [-0.2, 0) is 17.8 Å². The third kappa shape index (κ3) is 7.13. The van der Waals surface area contributed by atoms with Crippen molar-refractivity contribution in [3.05, 3.63) is 52.5 Å². The van der Waals surface area contributed by atoms with Gasteiger partial charge in [-0.25, -0.2) is 4.98 Å². The van der Waals surface area contributed by atoms with Crippen molar-refractivity contribution in [3.8, 4) is 5.88 Å². The number of carbonyl (C=O) groups is 2. The van der Waals surface area contributed by atoms with Crippen molar-refractivity contribution in [1.29, 1.82) is 0 Å². The van der Waals surface area contributed by atoms with Gasteiger partial charge in [0.1, 0.15) is 5.78 Å². The maximum Gasteiger partial charge on any atom is 0.422 e. The Morgan fingerprint density at radius 3 is 2.47 bits per heavy atom. The first kappa shape index (κ1) is 23.3. The molecule has 0 saturated heterocycles. The van der Waals surface area contributed by atoms with Crippen LogP contribution >= 0.6 is 0 Å². The van der Waals surface area contributed by atoms with E-state index in [0.29, 0.717) is 28.2 Å². The zero-order chi connectivity index (χ0) is 22.5. The van der Waals surface area contributed by atoms with Gasteiger partial charge in [0.2, 0.25) is 5.88 Å². The summed E-state index contributed by atoms with van der Waals surface area (Å²) < 4.78 is 41.6. The van der Waals surface area contributed by atoms with Crippen LogP contribution in [0.15, 0.2) is 24.3 Å². The monoisotopic (exact) mass is 423 g/mol. The maximum atomic E-state index is 12.6.